The van der Waals surface area contributed by atoms with Gasteiger partial charge in [-0.05, 0) is 31.2 Å². The molecule has 0 aliphatic rings. The van der Waals surface area contributed by atoms with Crippen molar-refractivity contribution in [1.82, 2.24) is 15.0 Å². The molecule has 1 aromatic heterocycles. The smallest absolute Gasteiger partial charge is 0.293 e. The highest BCUT2D eigenvalue weighted by molar-refractivity contribution is 7.90. The first-order valence-corrected chi connectivity index (χ1v) is 9.87. The molecule has 1 unspecified atom stereocenters. The predicted molar refractivity (Wildman–Crippen MR) is 99.6 cm³/mol. The van der Waals surface area contributed by atoms with Crippen LogP contribution in [-0.4, -0.2) is 34.6 Å². The van der Waals surface area contributed by atoms with Gasteiger partial charge in [-0.25, -0.2) is 13.1 Å². The third kappa shape index (κ3) is 4.11. The lowest BCUT2D eigenvalue weighted by Gasteiger charge is -2.13. The molecule has 1 N–H and O–H groups in total. The molecule has 0 spiro atoms. The fourth-order valence-electron chi connectivity index (χ4n) is 2.50. The second-order valence-electron chi connectivity index (χ2n) is 6.00. The number of hydrogen-bond donors (Lipinski definition) is 1. The summed E-state index contributed by atoms with van der Waals surface area (Å²) in [6.07, 6.45) is 2.73. The largest absolute Gasteiger partial charge is 0.371 e. The van der Waals surface area contributed by atoms with Gasteiger partial charge >= 0.3 is 0 Å². The van der Waals surface area contributed by atoms with Gasteiger partial charge < -0.3 is 5.32 Å². The molecule has 0 amide bonds. The number of nitro groups is 1. The Morgan fingerprint density at radius 1 is 1.19 bits per heavy atom. The first kappa shape index (κ1) is 18.5. The van der Waals surface area contributed by atoms with Crippen LogP contribution in [-0.2, 0) is 9.84 Å². The molecule has 10 heteroatoms. The normalized spacial score (nSPS) is 12.5. The van der Waals surface area contributed by atoms with E-state index in [0.29, 0.717) is 5.69 Å². The lowest BCUT2D eigenvalue weighted by Crippen LogP contribution is -2.09. The Labute approximate surface area is 155 Å². The third-order valence-corrected chi connectivity index (χ3v) is 5.05. The van der Waals surface area contributed by atoms with Crippen molar-refractivity contribution in [2.75, 3.05) is 11.6 Å². The average Bonchev–Trinajstić information content (AvgIpc) is 3.12. The molecular weight excluding hydrogens is 370 g/mol. The molecule has 0 saturated heterocycles. The van der Waals surface area contributed by atoms with Gasteiger partial charge in [-0.2, -0.15) is 0 Å². The quantitative estimate of drug-likeness (QED) is 0.510. The summed E-state index contributed by atoms with van der Waals surface area (Å²) in [7, 11) is -3.54. The van der Waals surface area contributed by atoms with E-state index in [1.807, 2.05) is 30.3 Å². The molecule has 140 valence electrons. The monoisotopic (exact) mass is 387 g/mol. The van der Waals surface area contributed by atoms with Gasteiger partial charge in [0.05, 0.1) is 27.7 Å². The van der Waals surface area contributed by atoms with E-state index in [-0.39, 0.29) is 22.3 Å². The van der Waals surface area contributed by atoms with Crippen LogP contribution in [0.15, 0.2) is 59.6 Å². The standard InChI is InChI=1S/C17H17N5O4S/c1-12(16-11-21(20-19-16)13-6-4-3-5-7-13)18-15-9-8-14(27(2,25)26)10-17(15)22(23)24/h3-12,18H,1-2H3. The predicted octanol–water partition coefficient (Wildman–Crippen LogP) is 2.75. The maximum atomic E-state index is 11.6. The summed E-state index contributed by atoms with van der Waals surface area (Å²) < 4.78 is 24.9. The van der Waals surface area contributed by atoms with Gasteiger partial charge in [0.2, 0.25) is 0 Å². The number of anilines is 1. The van der Waals surface area contributed by atoms with Crippen LogP contribution in [0, 0.1) is 10.1 Å². The number of sulfone groups is 1. The highest BCUT2D eigenvalue weighted by Crippen LogP contribution is 2.30. The molecule has 0 aliphatic heterocycles. The zero-order chi connectivity index (χ0) is 19.6. The van der Waals surface area contributed by atoms with Crippen LogP contribution in [0.1, 0.15) is 18.7 Å². The molecule has 9 nitrogen and oxygen atoms in total. The number of rotatable bonds is 6. The molecular formula is C17H17N5O4S. The first-order chi connectivity index (χ1) is 12.8. The second-order valence-corrected chi connectivity index (χ2v) is 8.01. The number of nitro benzene ring substituents is 1. The Morgan fingerprint density at radius 3 is 2.52 bits per heavy atom. The summed E-state index contributed by atoms with van der Waals surface area (Å²) in [5.41, 5.74) is 1.31. The van der Waals surface area contributed by atoms with E-state index in [1.54, 1.807) is 17.8 Å². The van der Waals surface area contributed by atoms with Crippen molar-refractivity contribution in [3.63, 3.8) is 0 Å². The molecule has 0 fully saturated rings. The topological polar surface area (TPSA) is 120 Å². The molecule has 0 saturated carbocycles. The fourth-order valence-corrected chi connectivity index (χ4v) is 3.15. The SMILES string of the molecule is CC(Nc1ccc(S(C)(=O)=O)cc1[N+](=O)[O-])c1cn(-c2ccccc2)nn1. The lowest BCUT2D eigenvalue weighted by atomic mass is 10.2. The van der Waals surface area contributed by atoms with E-state index in [9.17, 15) is 18.5 Å². The van der Waals surface area contributed by atoms with E-state index >= 15 is 0 Å². The summed E-state index contributed by atoms with van der Waals surface area (Å²) in [6, 6.07) is 12.8. The molecule has 0 bridgehead atoms. The zero-order valence-corrected chi connectivity index (χ0v) is 15.4. The van der Waals surface area contributed by atoms with Gasteiger partial charge in [0.25, 0.3) is 5.69 Å². The molecule has 0 aliphatic carbocycles. The Kier molecular flexibility index (Phi) is 4.91. The van der Waals surface area contributed by atoms with Crippen molar-refractivity contribution in [3.05, 3.63) is 70.5 Å². The van der Waals surface area contributed by atoms with Crippen LogP contribution in [0.25, 0.3) is 5.69 Å². The van der Waals surface area contributed by atoms with Crippen molar-refractivity contribution in [3.8, 4) is 5.69 Å². The van der Waals surface area contributed by atoms with E-state index in [2.05, 4.69) is 15.6 Å². The number of nitrogens with zero attached hydrogens (tertiary/aromatic N) is 4. The number of benzene rings is 2. The van der Waals surface area contributed by atoms with E-state index < -0.39 is 14.8 Å². The molecule has 1 heterocycles. The minimum Gasteiger partial charge on any atom is -0.371 e. The van der Waals surface area contributed by atoms with Crippen molar-refractivity contribution in [1.29, 1.82) is 0 Å². The van der Waals surface area contributed by atoms with Crippen molar-refractivity contribution in [2.24, 2.45) is 0 Å². The fraction of sp³-hybridized carbons (Fsp3) is 0.176. The Balaban J connectivity index is 1.87. The van der Waals surface area contributed by atoms with Gasteiger partial charge in [-0.3, -0.25) is 10.1 Å². The van der Waals surface area contributed by atoms with Crippen LogP contribution in [0.2, 0.25) is 0 Å². The molecule has 3 rings (SSSR count). The molecule has 27 heavy (non-hydrogen) atoms. The summed E-state index contributed by atoms with van der Waals surface area (Å²) >= 11 is 0. The summed E-state index contributed by atoms with van der Waals surface area (Å²) in [4.78, 5) is 10.6. The Bertz CT molecular complexity index is 1080. The number of aromatic nitrogens is 3. The molecule has 2 aromatic carbocycles. The Morgan fingerprint density at radius 2 is 1.89 bits per heavy atom. The summed E-state index contributed by atoms with van der Waals surface area (Å²) in [6.45, 7) is 1.79. The zero-order valence-electron chi connectivity index (χ0n) is 14.6. The van der Waals surface area contributed by atoms with Gasteiger partial charge in [0.15, 0.2) is 9.84 Å². The van der Waals surface area contributed by atoms with E-state index in [4.69, 9.17) is 0 Å². The van der Waals surface area contributed by atoms with Crippen LogP contribution in [0.3, 0.4) is 0 Å². The Hall–Kier alpha value is -3.27. The van der Waals surface area contributed by atoms with Gasteiger partial charge in [0.1, 0.15) is 11.4 Å². The van der Waals surface area contributed by atoms with E-state index in [0.717, 1.165) is 18.0 Å². The lowest BCUT2D eigenvalue weighted by molar-refractivity contribution is -0.384. The van der Waals surface area contributed by atoms with Crippen molar-refractivity contribution in [2.45, 2.75) is 17.9 Å². The first-order valence-electron chi connectivity index (χ1n) is 7.98. The maximum Gasteiger partial charge on any atom is 0.293 e. The van der Waals surface area contributed by atoms with Crippen molar-refractivity contribution < 1.29 is 13.3 Å². The maximum absolute atomic E-state index is 11.6. The highest BCUT2D eigenvalue weighted by Gasteiger charge is 2.21. The third-order valence-electron chi connectivity index (χ3n) is 3.94. The van der Waals surface area contributed by atoms with Gasteiger partial charge in [-0.1, -0.05) is 23.4 Å². The summed E-state index contributed by atoms with van der Waals surface area (Å²) in [5.74, 6) is 0. The van der Waals surface area contributed by atoms with Crippen LogP contribution >= 0.6 is 0 Å². The number of nitrogens with one attached hydrogen (secondary N) is 1. The van der Waals surface area contributed by atoms with Gasteiger partial charge in [0, 0.05) is 12.3 Å². The summed E-state index contributed by atoms with van der Waals surface area (Å²) in [5, 5.41) is 22.5. The van der Waals surface area contributed by atoms with Crippen LogP contribution in [0.4, 0.5) is 11.4 Å². The minimum absolute atomic E-state index is 0.109. The second kappa shape index (κ2) is 7.16. The highest BCUT2D eigenvalue weighted by atomic mass is 32.2. The van der Waals surface area contributed by atoms with Crippen LogP contribution < -0.4 is 5.32 Å². The van der Waals surface area contributed by atoms with Crippen LogP contribution in [0.5, 0.6) is 0 Å². The average molecular weight is 387 g/mol. The van der Waals surface area contributed by atoms with E-state index in [1.165, 1.54) is 12.1 Å². The van der Waals surface area contributed by atoms with Crippen molar-refractivity contribution >= 4 is 21.2 Å². The number of hydrogen-bond acceptors (Lipinski definition) is 7. The van der Waals surface area contributed by atoms with Gasteiger partial charge in [-0.15, -0.1) is 5.10 Å². The minimum atomic E-state index is -3.54. The molecule has 1 atom stereocenters. The molecule has 3 aromatic rings. The molecule has 0 radical (unpaired) electrons. The number of para-hydroxylation sites is 1.